The third kappa shape index (κ3) is 3.13. The topological polar surface area (TPSA) is 61.5 Å². The molecule has 0 saturated carbocycles. The number of hydrogen-bond donors (Lipinski definition) is 1. The molecule has 0 aromatic heterocycles. The monoisotopic (exact) mass is 287 g/mol. The fraction of sp³-hybridized carbons (Fsp3) is 0.364. The van der Waals surface area contributed by atoms with E-state index in [-0.39, 0.29) is 12.4 Å². The van der Waals surface area contributed by atoms with Gasteiger partial charge in [0.2, 0.25) is 0 Å². The van der Waals surface area contributed by atoms with Crippen molar-refractivity contribution in [2.75, 3.05) is 19.5 Å². The molecular weight excluding hydrogens is 274 g/mol. The average Bonchev–Trinajstić information content (AvgIpc) is 2.22. The van der Waals surface area contributed by atoms with Crippen molar-refractivity contribution in [2.45, 2.75) is 13.3 Å². The smallest absolute Gasteiger partial charge is 0.310 e. The van der Waals surface area contributed by atoms with Crippen LogP contribution >= 0.6 is 15.9 Å². The number of esters is 1. The van der Waals surface area contributed by atoms with Crippen molar-refractivity contribution in [3.63, 3.8) is 0 Å². The third-order valence-electron chi connectivity index (χ3n) is 2.04. The fourth-order valence-corrected chi connectivity index (χ4v) is 1.79. The molecule has 1 aromatic rings. The lowest BCUT2D eigenvalue weighted by molar-refractivity contribution is -0.142. The summed E-state index contributed by atoms with van der Waals surface area (Å²) >= 11 is 3.35. The van der Waals surface area contributed by atoms with E-state index in [1.807, 2.05) is 0 Å². The van der Waals surface area contributed by atoms with Gasteiger partial charge in [-0.15, -0.1) is 0 Å². The van der Waals surface area contributed by atoms with Crippen LogP contribution in [0.15, 0.2) is 16.6 Å². The highest BCUT2D eigenvalue weighted by molar-refractivity contribution is 9.10. The lowest BCUT2D eigenvalue weighted by Gasteiger charge is -2.09. The number of methoxy groups -OCH3 is 1. The molecule has 1 aromatic carbocycles. The molecule has 1 rings (SSSR count). The highest BCUT2D eigenvalue weighted by Crippen LogP contribution is 2.29. The van der Waals surface area contributed by atoms with Gasteiger partial charge in [0.25, 0.3) is 0 Å². The molecule has 4 nitrogen and oxygen atoms in total. The van der Waals surface area contributed by atoms with Gasteiger partial charge in [-0.1, -0.05) is 15.9 Å². The molecule has 0 spiro atoms. The Kier molecular flexibility index (Phi) is 4.61. The molecule has 0 unspecified atom stereocenters. The van der Waals surface area contributed by atoms with Crippen LogP contribution in [0.3, 0.4) is 0 Å². The minimum Gasteiger partial charge on any atom is -0.495 e. The second kappa shape index (κ2) is 5.75. The Morgan fingerprint density at radius 3 is 2.75 bits per heavy atom. The fourth-order valence-electron chi connectivity index (χ4n) is 1.29. The van der Waals surface area contributed by atoms with E-state index in [1.165, 1.54) is 7.11 Å². The molecule has 0 fully saturated rings. The molecule has 88 valence electrons. The lowest BCUT2D eigenvalue weighted by Crippen LogP contribution is -2.08. The van der Waals surface area contributed by atoms with Crippen molar-refractivity contribution in [1.29, 1.82) is 0 Å². The van der Waals surface area contributed by atoms with Gasteiger partial charge < -0.3 is 15.2 Å². The van der Waals surface area contributed by atoms with Crippen LogP contribution in [0.2, 0.25) is 0 Å². The van der Waals surface area contributed by atoms with Crippen molar-refractivity contribution in [3.05, 3.63) is 22.2 Å². The molecule has 0 saturated heterocycles. The Morgan fingerprint density at radius 1 is 1.50 bits per heavy atom. The summed E-state index contributed by atoms with van der Waals surface area (Å²) in [6.07, 6.45) is 0.199. The zero-order valence-electron chi connectivity index (χ0n) is 9.25. The van der Waals surface area contributed by atoms with E-state index in [1.54, 1.807) is 19.1 Å². The second-order valence-corrected chi connectivity index (χ2v) is 4.02. The molecule has 2 N–H and O–H groups in total. The number of anilines is 1. The van der Waals surface area contributed by atoms with E-state index in [0.717, 1.165) is 10.0 Å². The quantitative estimate of drug-likeness (QED) is 0.681. The minimum atomic E-state index is -0.268. The van der Waals surface area contributed by atoms with Gasteiger partial charge in [0.15, 0.2) is 0 Å². The molecule has 0 bridgehead atoms. The van der Waals surface area contributed by atoms with E-state index >= 15 is 0 Å². The number of ether oxygens (including phenoxy) is 2. The first-order valence-corrected chi connectivity index (χ1v) is 5.65. The number of carbonyl (C=O) groups excluding carboxylic acids is 1. The lowest BCUT2D eigenvalue weighted by atomic mass is 10.1. The van der Waals surface area contributed by atoms with Crippen LogP contribution in [-0.2, 0) is 16.0 Å². The summed E-state index contributed by atoms with van der Waals surface area (Å²) in [6.45, 7) is 2.15. The van der Waals surface area contributed by atoms with E-state index in [4.69, 9.17) is 15.2 Å². The molecule has 0 amide bonds. The first-order chi connectivity index (χ1) is 7.58. The number of nitrogen functional groups attached to an aromatic ring is 1. The van der Waals surface area contributed by atoms with Crippen LogP contribution in [0.4, 0.5) is 5.69 Å². The molecule has 0 aliphatic rings. The van der Waals surface area contributed by atoms with Crippen molar-refractivity contribution >= 4 is 27.6 Å². The van der Waals surface area contributed by atoms with Crippen LogP contribution < -0.4 is 10.5 Å². The zero-order valence-corrected chi connectivity index (χ0v) is 10.8. The van der Waals surface area contributed by atoms with E-state index in [0.29, 0.717) is 18.0 Å². The zero-order chi connectivity index (χ0) is 12.1. The highest BCUT2D eigenvalue weighted by atomic mass is 79.9. The molecule has 0 aliphatic carbocycles. The van der Waals surface area contributed by atoms with Gasteiger partial charge in [0, 0.05) is 4.47 Å². The minimum absolute atomic E-state index is 0.199. The van der Waals surface area contributed by atoms with Crippen LogP contribution in [-0.4, -0.2) is 19.7 Å². The Hall–Kier alpha value is -1.23. The third-order valence-corrected chi connectivity index (χ3v) is 2.78. The predicted octanol–water partition coefficient (Wildman–Crippen LogP) is 2.15. The molecule has 0 radical (unpaired) electrons. The van der Waals surface area contributed by atoms with Gasteiger partial charge in [-0.2, -0.15) is 0 Å². The average molecular weight is 288 g/mol. The normalized spacial score (nSPS) is 9.94. The van der Waals surface area contributed by atoms with Crippen molar-refractivity contribution < 1.29 is 14.3 Å². The molecule has 0 atom stereocenters. The summed E-state index contributed by atoms with van der Waals surface area (Å²) in [5.41, 5.74) is 7.04. The summed E-state index contributed by atoms with van der Waals surface area (Å²) in [6, 6.07) is 3.45. The Labute approximate surface area is 103 Å². The van der Waals surface area contributed by atoms with E-state index in [9.17, 15) is 4.79 Å². The number of hydrogen-bond acceptors (Lipinski definition) is 4. The van der Waals surface area contributed by atoms with Crippen molar-refractivity contribution in [3.8, 4) is 5.75 Å². The van der Waals surface area contributed by atoms with E-state index in [2.05, 4.69) is 15.9 Å². The van der Waals surface area contributed by atoms with Gasteiger partial charge in [-0.3, -0.25) is 4.79 Å². The second-order valence-electron chi connectivity index (χ2n) is 3.17. The summed E-state index contributed by atoms with van der Waals surface area (Å²) in [5, 5.41) is 0. The summed E-state index contributed by atoms with van der Waals surface area (Å²) in [7, 11) is 1.54. The first kappa shape index (κ1) is 12.8. The number of carbonyl (C=O) groups is 1. The van der Waals surface area contributed by atoms with E-state index < -0.39 is 0 Å². The predicted molar refractivity (Wildman–Crippen MR) is 65.4 cm³/mol. The van der Waals surface area contributed by atoms with Crippen molar-refractivity contribution in [1.82, 2.24) is 0 Å². The number of benzene rings is 1. The molecule has 0 heterocycles. The van der Waals surface area contributed by atoms with Crippen molar-refractivity contribution in [2.24, 2.45) is 0 Å². The van der Waals surface area contributed by atoms with Gasteiger partial charge in [-0.05, 0) is 24.6 Å². The maximum atomic E-state index is 11.3. The molecular formula is C11H14BrNO3. The SMILES string of the molecule is CCOC(=O)Cc1cc(OC)c(N)cc1Br. The Bertz CT molecular complexity index is 393. The van der Waals surface area contributed by atoms with Crippen LogP contribution in [0.1, 0.15) is 12.5 Å². The largest absolute Gasteiger partial charge is 0.495 e. The molecule has 0 aliphatic heterocycles. The van der Waals surface area contributed by atoms with Crippen LogP contribution in [0.5, 0.6) is 5.75 Å². The number of rotatable bonds is 4. The summed E-state index contributed by atoms with van der Waals surface area (Å²) < 4.78 is 10.7. The van der Waals surface area contributed by atoms with Crippen LogP contribution in [0, 0.1) is 0 Å². The number of nitrogens with two attached hydrogens (primary N) is 1. The highest BCUT2D eigenvalue weighted by Gasteiger charge is 2.11. The Balaban J connectivity index is 2.91. The first-order valence-electron chi connectivity index (χ1n) is 4.86. The molecule has 5 heteroatoms. The summed E-state index contributed by atoms with van der Waals surface area (Å²) in [4.78, 5) is 11.3. The summed E-state index contributed by atoms with van der Waals surface area (Å²) in [5.74, 6) is 0.289. The standard InChI is InChI=1S/C11H14BrNO3/c1-3-16-11(14)5-7-4-10(15-2)9(13)6-8(7)12/h4,6H,3,5,13H2,1-2H3. The molecule has 16 heavy (non-hydrogen) atoms. The van der Waals surface area contributed by atoms with Gasteiger partial charge in [-0.25, -0.2) is 0 Å². The van der Waals surface area contributed by atoms with Gasteiger partial charge >= 0.3 is 5.97 Å². The van der Waals surface area contributed by atoms with Crippen LogP contribution in [0.25, 0.3) is 0 Å². The maximum absolute atomic E-state index is 11.3. The number of halogens is 1. The van der Waals surface area contributed by atoms with Gasteiger partial charge in [0.05, 0.1) is 25.8 Å². The Morgan fingerprint density at radius 2 is 2.19 bits per heavy atom. The van der Waals surface area contributed by atoms with Gasteiger partial charge in [0.1, 0.15) is 5.75 Å². The maximum Gasteiger partial charge on any atom is 0.310 e.